The average Bonchev–Trinajstić information content (AvgIpc) is 3.61. The molecule has 0 bridgehead atoms. The predicted octanol–water partition coefficient (Wildman–Crippen LogP) is 1.73. The summed E-state index contributed by atoms with van der Waals surface area (Å²) in [7, 11) is 1.62. The van der Waals surface area contributed by atoms with Crippen LogP contribution in [0.3, 0.4) is 0 Å². The lowest BCUT2D eigenvalue weighted by Crippen LogP contribution is -2.52. The molecule has 0 saturated carbocycles. The van der Waals surface area contributed by atoms with Gasteiger partial charge in [0.1, 0.15) is 6.61 Å². The van der Waals surface area contributed by atoms with E-state index in [0.717, 1.165) is 65.0 Å². The Morgan fingerprint density at radius 3 is 2.76 bits per heavy atom. The molecule has 9 heteroatoms. The van der Waals surface area contributed by atoms with Crippen molar-refractivity contribution in [3.8, 4) is 11.8 Å². The minimum atomic E-state index is -0.112. The van der Waals surface area contributed by atoms with Crippen LogP contribution in [0.15, 0.2) is 6.20 Å². The van der Waals surface area contributed by atoms with E-state index in [1.165, 1.54) is 6.42 Å². The lowest BCUT2D eigenvalue weighted by Gasteiger charge is -2.37. The van der Waals surface area contributed by atoms with Crippen molar-refractivity contribution in [2.45, 2.75) is 70.3 Å². The third kappa shape index (κ3) is 6.57. The Labute approximate surface area is 203 Å². The Morgan fingerprint density at radius 2 is 2.03 bits per heavy atom. The van der Waals surface area contributed by atoms with Crippen molar-refractivity contribution in [1.29, 1.82) is 0 Å². The highest BCUT2D eigenvalue weighted by atomic mass is 16.5. The topological polar surface area (TPSA) is 82.0 Å². The molecule has 1 unspecified atom stereocenters. The van der Waals surface area contributed by atoms with Gasteiger partial charge in [-0.1, -0.05) is 18.1 Å². The number of piperazine rings is 1. The Bertz CT molecular complexity index is 851. The maximum absolute atomic E-state index is 13.2. The van der Waals surface area contributed by atoms with Gasteiger partial charge in [-0.25, -0.2) is 4.68 Å². The minimum Gasteiger partial charge on any atom is -0.377 e. The molecule has 0 aromatic carbocycles. The lowest BCUT2D eigenvalue weighted by atomic mass is 9.99. The first-order chi connectivity index (χ1) is 16.5. The van der Waals surface area contributed by atoms with Crippen LogP contribution >= 0.6 is 0 Å². The molecule has 5 atom stereocenters. The molecule has 1 aromatic rings. The zero-order valence-corrected chi connectivity index (χ0v) is 20.8. The zero-order valence-electron chi connectivity index (χ0n) is 20.8. The van der Waals surface area contributed by atoms with E-state index in [2.05, 4.69) is 34.0 Å². The second-order valence-corrected chi connectivity index (χ2v) is 9.83. The molecule has 0 N–H and O–H groups in total. The Hall–Kier alpha value is -1.99. The number of ether oxygens (including phenoxy) is 3. The van der Waals surface area contributed by atoms with Crippen LogP contribution in [0, 0.1) is 17.8 Å². The van der Waals surface area contributed by atoms with Crippen LogP contribution in [-0.2, 0) is 19.0 Å². The fraction of sp³-hybridized carbons (Fsp3) is 0.800. The molecule has 1 aromatic heterocycles. The van der Waals surface area contributed by atoms with Gasteiger partial charge >= 0.3 is 0 Å². The van der Waals surface area contributed by atoms with Gasteiger partial charge in [-0.15, -0.1) is 5.10 Å². The number of carbonyl (C=O) groups excluding carboxylic acids is 1. The van der Waals surface area contributed by atoms with Crippen molar-refractivity contribution in [2.75, 3.05) is 53.0 Å². The normalized spacial score (nSPS) is 27.4. The van der Waals surface area contributed by atoms with Crippen LogP contribution in [0.2, 0.25) is 0 Å². The highest BCUT2D eigenvalue weighted by Crippen LogP contribution is 2.31. The fourth-order valence-electron chi connectivity index (χ4n) is 5.19. The summed E-state index contributed by atoms with van der Waals surface area (Å²) >= 11 is 0. The van der Waals surface area contributed by atoms with E-state index >= 15 is 0 Å². The maximum Gasteiger partial charge on any atom is 0.228 e. The number of rotatable bonds is 8. The number of carbonyl (C=O) groups is 1. The summed E-state index contributed by atoms with van der Waals surface area (Å²) in [5.74, 6) is 5.96. The molecule has 3 saturated heterocycles. The largest absolute Gasteiger partial charge is 0.377 e. The van der Waals surface area contributed by atoms with Gasteiger partial charge < -0.3 is 19.1 Å². The Balaban J connectivity index is 1.20. The lowest BCUT2D eigenvalue weighted by molar-refractivity contribution is -0.141. The summed E-state index contributed by atoms with van der Waals surface area (Å²) in [5, 5.41) is 8.33. The molecule has 0 radical (unpaired) electrons. The number of methoxy groups -OCH3 is 1. The zero-order chi connectivity index (χ0) is 23.9. The third-order valence-corrected chi connectivity index (χ3v) is 7.26. The highest BCUT2D eigenvalue weighted by Gasteiger charge is 2.36. The number of hydrogen-bond donors (Lipinski definition) is 0. The summed E-state index contributed by atoms with van der Waals surface area (Å²) in [6, 6.07) is 0.150. The van der Waals surface area contributed by atoms with E-state index in [4.69, 9.17) is 14.2 Å². The molecule has 9 nitrogen and oxygen atoms in total. The van der Waals surface area contributed by atoms with Gasteiger partial charge in [0, 0.05) is 46.4 Å². The van der Waals surface area contributed by atoms with Crippen molar-refractivity contribution in [1.82, 2.24) is 24.8 Å². The van der Waals surface area contributed by atoms with Gasteiger partial charge in [0.25, 0.3) is 0 Å². The fourth-order valence-corrected chi connectivity index (χ4v) is 5.19. The van der Waals surface area contributed by atoms with Gasteiger partial charge in [-0.3, -0.25) is 9.69 Å². The van der Waals surface area contributed by atoms with E-state index < -0.39 is 0 Å². The van der Waals surface area contributed by atoms with Gasteiger partial charge in [0.05, 0.1) is 36.5 Å². The van der Waals surface area contributed by atoms with Gasteiger partial charge in [0.15, 0.2) is 5.69 Å². The van der Waals surface area contributed by atoms with Gasteiger partial charge in [0.2, 0.25) is 5.91 Å². The molecule has 34 heavy (non-hydrogen) atoms. The molecular weight excluding hydrogens is 434 g/mol. The van der Waals surface area contributed by atoms with E-state index in [9.17, 15) is 4.79 Å². The van der Waals surface area contributed by atoms with Crippen LogP contribution in [0.4, 0.5) is 0 Å². The molecule has 0 aliphatic carbocycles. The average molecular weight is 474 g/mol. The summed E-state index contributed by atoms with van der Waals surface area (Å²) < 4.78 is 18.9. The van der Waals surface area contributed by atoms with Crippen LogP contribution in [-0.4, -0.2) is 102 Å². The summed E-state index contributed by atoms with van der Waals surface area (Å²) in [6.45, 7) is 9.86. The monoisotopic (exact) mass is 473 g/mol. The van der Waals surface area contributed by atoms with E-state index in [1.807, 2.05) is 22.7 Å². The second-order valence-electron chi connectivity index (χ2n) is 9.83. The molecule has 3 fully saturated rings. The van der Waals surface area contributed by atoms with Crippen molar-refractivity contribution in [3.05, 3.63) is 11.9 Å². The standard InChI is InChI=1S/C25H39N5O4/c1-19(30-17-21(26-27-30)6-4-14-32-3)16-22-8-9-24(34-22)20(2)25(31)29-12-10-28(11-13-29)18-23-7-5-15-33-23/h17,19-20,22-24H,5,7-16,18H2,1-3H3/t19-,20-,22+,23?,24-/m1/s1. The molecule has 0 spiro atoms. The van der Waals surface area contributed by atoms with E-state index in [0.29, 0.717) is 18.4 Å². The van der Waals surface area contributed by atoms with Crippen LogP contribution < -0.4 is 0 Å². The van der Waals surface area contributed by atoms with Crippen molar-refractivity contribution in [2.24, 2.45) is 5.92 Å². The number of amides is 1. The Kier molecular flexibility index (Phi) is 8.95. The highest BCUT2D eigenvalue weighted by molar-refractivity contribution is 5.79. The molecule has 3 aliphatic rings. The number of hydrogen-bond acceptors (Lipinski definition) is 7. The van der Waals surface area contributed by atoms with E-state index in [-0.39, 0.29) is 30.1 Å². The summed E-state index contributed by atoms with van der Waals surface area (Å²) in [6.07, 6.45) is 7.43. The number of aromatic nitrogens is 3. The second kappa shape index (κ2) is 12.1. The van der Waals surface area contributed by atoms with Crippen molar-refractivity contribution in [3.63, 3.8) is 0 Å². The molecule has 3 aliphatic heterocycles. The number of nitrogens with zero attached hydrogens (tertiary/aromatic N) is 5. The SMILES string of the molecule is COCC#Cc1cn([C@H](C)C[C@@H]2CC[C@H]([C@@H](C)C(=O)N3CCN(CC4CCCO4)CC3)O2)nn1. The van der Waals surface area contributed by atoms with E-state index in [1.54, 1.807) is 7.11 Å². The first-order valence-electron chi connectivity index (χ1n) is 12.7. The molecule has 188 valence electrons. The quantitative estimate of drug-likeness (QED) is 0.532. The maximum atomic E-state index is 13.2. The third-order valence-electron chi connectivity index (χ3n) is 7.26. The minimum absolute atomic E-state index is 0.0131. The van der Waals surface area contributed by atoms with Crippen molar-refractivity contribution >= 4 is 5.91 Å². The van der Waals surface area contributed by atoms with Crippen molar-refractivity contribution < 1.29 is 19.0 Å². The van der Waals surface area contributed by atoms with Crippen LogP contribution in [0.1, 0.15) is 57.7 Å². The first kappa shape index (κ1) is 25.1. The Morgan fingerprint density at radius 1 is 1.21 bits per heavy atom. The molecule has 4 heterocycles. The van der Waals surface area contributed by atoms with Crippen LogP contribution in [0.5, 0.6) is 0 Å². The van der Waals surface area contributed by atoms with Gasteiger partial charge in [-0.2, -0.15) is 0 Å². The predicted molar refractivity (Wildman–Crippen MR) is 127 cm³/mol. The molecular formula is C25H39N5O4. The molecule has 1 amide bonds. The summed E-state index contributed by atoms with van der Waals surface area (Å²) in [5.41, 5.74) is 0.643. The van der Waals surface area contributed by atoms with Crippen LogP contribution in [0.25, 0.3) is 0 Å². The first-order valence-corrected chi connectivity index (χ1v) is 12.7. The summed E-state index contributed by atoms with van der Waals surface area (Å²) in [4.78, 5) is 17.6. The van der Waals surface area contributed by atoms with Gasteiger partial charge in [-0.05, 0) is 44.9 Å². The molecule has 4 rings (SSSR count). The smallest absolute Gasteiger partial charge is 0.228 e.